The van der Waals surface area contributed by atoms with Crippen molar-refractivity contribution in [1.82, 2.24) is 9.80 Å². The number of rotatable bonds is 10. The molecule has 2 heterocycles. The molecule has 4 rings (SSSR count). The SMILES string of the molecule is CCOc1cc(/C=C2\SC(=O)N(CC(=O)Nc3ccc(OC)cc3)C2=O)ccc1OCC(=O)N1CCCC1. The van der Waals surface area contributed by atoms with Gasteiger partial charge < -0.3 is 24.4 Å². The zero-order valence-electron chi connectivity index (χ0n) is 21.2. The number of nitrogens with one attached hydrogen (secondary N) is 1. The lowest BCUT2D eigenvalue weighted by molar-refractivity contribution is -0.132. The number of imide groups is 1. The second-order valence-corrected chi connectivity index (χ2v) is 9.55. The third-order valence-corrected chi connectivity index (χ3v) is 6.83. The summed E-state index contributed by atoms with van der Waals surface area (Å²) < 4.78 is 16.5. The van der Waals surface area contributed by atoms with E-state index in [0.29, 0.717) is 35.1 Å². The molecule has 1 N–H and O–H groups in total. The van der Waals surface area contributed by atoms with Gasteiger partial charge in [0.05, 0.1) is 18.6 Å². The molecule has 0 aromatic heterocycles. The van der Waals surface area contributed by atoms with E-state index in [1.54, 1.807) is 60.6 Å². The lowest BCUT2D eigenvalue weighted by atomic mass is 10.2. The van der Waals surface area contributed by atoms with E-state index in [-0.39, 0.29) is 17.4 Å². The van der Waals surface area contributed by atoms with Gasteiger partial charge in [0.1, 0.15) is 12.3 Å². The molecule has 0 saturated carbocycles. The molecule has 0 aliphatic carbocycles. The number of thioether (sulfide) groups is 1. The molecule has 10 nitrogen and oxygen atoms in total. The molecular formula is C27H29N3O7S. The number of nitrogens with zero attached hydrogens (tertiary/aromatic N) is 2. The number of likely N-dealkylation sites (tertiary alicyclic amines) is 1. The van der Waals surface area contributed by atoms with Crippen molar-refractivity contribution >= 4 is 46.5 Å². The molecule has 0 bridgehead atoms. The molecule has 0 spiro atoms. The van der Waals surface area contributed by atoms with E-state index in [0.717, 1.165) is 42.6 Å². The van der Waals surface area contributed by atoms with E-state index in [1.807, 2.05) is 6.92 Å². The fourth-order valence-electron chi connectivity index (χ4n) is 4.01. The van der Waals surface area contributed by atoms with Gasteiger partial charge in [-0.3, -0.25) is 24.1 Å². The first kappa shape index (κ1) is 27.1. The summed E-state index contributed by atoms with van der Waals surface area (Å²) in [6, 6.07) is 11.8. The fraction of sp³-hybridized carbons (Fsp3) is 0.333. The molecule has 2 aromatic carbocycles. The highest BCUT2D eigenvalue weighted by molar-refractivity contribution is 8.18. The van der Waals surface area contributed by atoms with Crippen LogP contribution in [0.1, 0.15) is 25.3 Å². The number of carbonyl (C=O) groups excluding carboxylic acids is 4. The van der Waals surface area contributed by atoms with Gasteiger partial charge in [-0.15, -0.1) is 0 Å². The van der Waals surface area contributed by atoms with Crippen LogP contribution in [-0.2, 0) is 14.4 Å². The molecule has 2 aromatic rings. The maximum absolute atomic E-state index is 12.9. The van der Waals surface area contributed by atoms with E-state index < -0.39 is 23.6 Å². The first-order chi connectivity index (χ1) is 18.4. The van der Waals surface area contributed by atoms with Gasteiger partial charge in [-0.25, -0.2) is 0 Å². The zero-order valence-corrected chi connectivity index (χ0v) is 22.0. The molecule has 11 heteroatoms. The Hall–Kier alpha value is -3.99. The minimum absolute atomic E-state index is 0.0706. The Kier molecular flexibility index (Phi) is 8.90. The highest BCUT2D eigenvalue weighted by Crippen LogP contribution is 2.34. The number of benzene rings is 2. The smallest absolute Gasteiger partial charge is 0.294 e. The highest BCUT2D eigenvalue weighted by atomic mass is 32.2. The van der Waals surface area contributed by atoms with E-state index in [2.05, 4.69) is 5.32 Å². The molecule has 0 radical (unpaired) electrons. The van der Waals surface area contributed by atoms with Gasteiger partial charge >= 0.3 is 0 Å². The van der Waals surface area contributed by atoms with Gasteiger partial charge in [0.15, 0.2) is 18.1 Å². The first-order valence-corrected chi connectivity index (χ1v) is 13.1. The largest absolute Gasteiger partial charge is 0.497 e. The lowest BCUT2D eigenvalue weighted by Crippen LogP contribution is -2.36. The Morgan fingerprint density at radius 1 is 1.03 bits per heavy atom. The van der Waals surface area contributed by atoms with Crippen molar-refractivity contribution in [3.05, 3.63) is 52.9 Å². The van der Waals surface area contributed by atoms with Crippen molar-refractivity contribution in [2.45, 2.75) is 19.8 Å². The van der Waals surface area contributed by atoms with Crippen LogP contribution >= 0.6 is 11.8 Å². The second kappa shape index (κ2) is 12.5. The summed E-state index contributed by atoms with van der Waals surface area (Å²) in [5, 5.41) is 2.13. The van der Waals surface area contributed by atoms with Gasteiger partial charge in [-0.2, -0.15) is 0 Å². The van der Waals surface area contributed by atoms with Crippen molar-refractivity contribution in [3.8, 4) is 17.2 Å². The van der Waals surface area contributed by atoms with Crippen molar-refractivity contribution in [1.29, 1.82) is 0 Å². The summed E-state index contributed by atoms with van der Waals surface area (Å²) in [6.07, 6.45) is 3.57. The van der Waals surface area contributed by atoms with Crippen molar-refractivity contribution < 1.29 is 33.4 Å². The van der Waals surface area contributed by atoms with Crippen LogP contribution in [-0.4, -0.2) is 72.7 Å². The Morgan fingerprint density at radius 2 is 1.76 bits per heavy atom. The maximum Gasteiger partial charge on any atom is 0.294 e. The van der Waals surface area contributed by atoms with Gasteiger partial charge in [0.25, 0.3) is 17.1 Å². The summed E-state index contributed by atoms with van der Waals surface area (Å²) in [7, 11) is 1.54. The van der Waals surface area contributed by atoms with Crippen LogP contribution in [0.2, 0.25) is 0 Å². The van der Waals surface area contributed by atoms with Crippen molar-refractivity contribution in [3.63, 3.8) is 0 Å². The second-order valence-electron chi connectivity index (χ2n) is 8.56. The van der Waals surface area contributed by atoms with Crippen LogP contribution in [0, 0.1) is 0 Å². The standard InChI is InChI=1S/C27H29N3O7S/c1-3-36-22-14-18(6-11-21(22)37-17-25(32)29-12-4-5-13-29)15-23-26(33)30(27(34)38-23)16-24(31)28-19-7-9-20(35-2)10-8-19/h6-11,14-15H,3-5,12-13,16-17H2,1-2H3,(H,28,31)/b23-15-. The van der Waals surface area contributed by atoms with Crippen LogP contribution in [0.5, 0.6) is 17.2 Å². The predicted molar refractivity (Wildman–Crippen MR) is 143 cm³/mol. The lowest BCUT2D eigenvalue weighted by Gasteiger charge is -2.17. The molecule has 2 aliphatic heterocycles. The molecule has 2 fully saturated rings. The number of hydrogen-bond donors (Lipinski definition) is 1. The molecular weight excluding hydrogens is 510 g/mol. The molecule has 4 amide bonds. The number of ether oxygens (including phenoxy) is 3. The average Bonchev–Trinajstić information content (AvgIpc) is 3.54. The number of anilines is 1. The summed E-state index contributed by atoms with van der Waals surface area (Å²) in [5.41, 5.74) is 1.13. The van der Waals surface area contributed by atoms with Gasteiger partial charge in [0, 0.05) is 18.8 Å². The minimum Gasteiger partial charge on any atom is -0.497 e. The van der Waals surface area contributed by atoms with Gasteiger partial charge in [0.2, 0.25) is 5.91 Å². The third kappa shape index (κ3) is 6.65. The van der Waals surface area contributed by atoms with Crippen LogP contribution in [0.25, 0.3) is 6.08 Å². The Bertz CT molecular complexity index is 1240. The third-order valence-electron chi connectivity index (χ3n) is 5.92. The van der Waals surface area contributed by atoms with E-state index in [1.165, 1.54) is 0 Å². The first-order valence-electron chi connectivity index (χ1n) is 12.2. The number of amides is 4. The van der Waals surface area contributed by atoms with Gasteiger partial charge in [-0.05, 0) is 79.6 Å². The topological polar surface area (TPSA) is 114 Å². The van der Waals surface area contributed by atoms with Crippen LogP contribution in [0.3, 0.4) is 0 Å². The Labute approximate surface area is 224 Å². The summed E-state index contributed by atoms with van der Waals surface area (Å²) >= 11 is 0.761. The van der Waals surface area contributed by atoms with Crippen molar-refractivity contribution in [2.24, 2.45) is 0 Å². The monoisotopic (exact) mass is 539 g/mol. The Morgan fingerprint density at radius 3 is 2.45 bits per heavy atom. The predicted octanol–water partition coefficient (Wildman–Crippen LogP) is 3.77. The summed E-state index contributed by atoms with van der Waals surface area (Å²) in [6.45, 7) is 3.20. The zero-order chi connectivity index (χ0) is 27.1. The molecule has 200 valence electrons. The van der Waals surface area contributed by atoms with Crippen LogP contribution in [0.4, 0.5) is 10.5 Å². The number of carbonyl (C=O) groups is 4. The highest BCUT2D eigenvalue weighted by Gasteiger charge is 2.36. The van der Waals surface area contributed by atoms with Crippen LogP contribution in [0.15, 0.2) is 47.4 Å². The molecule has 0 unspecified atom stereocenters. The van der Waals surface area contributed by atoms with E-state index >= 15 is 0 Å². The Balaban J connectivity index is 1.40. The van der Waals surface area contributed by atoms with Crippen LogP contribution < -0.4 is 19.5 Å². The maximum atomic E-state index is 12.9. The molecule has 2 saturated heterocycles. The average molecular weight is 540 g/mol. The van der Waals surface area contributed by atoms with E-state index in [4.69, 9.17) is 14.2 Å². The molecule has 0 atom stereocenters. The quantitative estimate of drug-likeness (QED) is 0.454. The minimum atomic E-state index is -0.556. The summed E-state index contributed by atoms with van der Waals surface area (Å²) in [4.78, 5) is 53.0. The van der Waals surface area contributed by atoms with E-state index in [9.17, 15) is 19.2 Å². The van der Waals surface area contributed by atoms with Crippen molar-refractivity contribution in [2.75, 3.05) is 45.3 Å². The normalized spacial score (nSPS) is 16.2. The molecule has 2 aliphatic rings. The summed E-state index contributed by atoms with van der Waals surface area (Å²) in [5.74, 6) is 0.357. The van der Waals surface area contributed by atoms with Gasteiger partial charge in [-0.1, -0.05) is 6.07 Å². The number of methoxy groups -OCH3 is 1. The molecule has 38 heavy (non-hydrogen) atoms. The fourth-order valence-corrected chi connectivity index (χ4v) is 4.84. The number of hydrogen-bond acceptors (Lipinski definition) is 8.